The van der Waals surface area contributed by atoms with Crippen molar-refractivity contribution in [1.82, 2.24) is 40.4 Å². The lowest BCUT2D eigenvalue weighted by atomic mass is 9.87. The Hall–Kier alpha value is -5.04. The summed E-state index contributed by atoms with van der Waals surface area (Å²) < 4.78 is 20.5. The number of alkyl carbamates (subject to hydrolysis) is 1. The van der Waals surface area contributed by atoms with Crippen molar-refractivity contribution in [3.05, 3.63) is 70.0 Å². The van der Waals surface area contributed by atoms with E-state index < -0.39 is 6.09 Å². The quantitative estimate of drug-likeness (QED) is 0.187. The molecule has 2 bridgehead atoms. The van der Waals surface area contributed by atoms with E-state index in [1.54, 1.807) is 25.4 Å². The van der Waals surface area contributed by atoms with Crippen molar-refractivity contribution in [2.24, 2.45) is 5.92 Å². The summed E-state index contributed by atoms with van der Waals surface area (Å²) in [7, 11) is 3.03. The van der Waals surface area contributed by atoms with Crippen LogP contribution >= 0.6 is 0 Å². The average molecular weight is 697 g/mol. The predicted molar refractivity (Wildman–Crippen MR) is 191 cm³/mol. The number of nitrogens with zero attached hydrogens (tertiary/aromatic N) is 4. The zero-order valence-corrected chi connectivity index (χ0v) is 29.3. The molecular formula is C38H45FN8O4. The zero-order chi connectivity index (χ0) is 35.6. The number of H-pyrrole nitrogens is 2. The van der Waals surface area contributed by atoms with Crippen LogP contribution in [0.3, 0.4) is 0 Å². The van der Waals surface area contributed by atoms with Gasteiger partial charge in [-0.05, 0) is 74.1 Å². The molecule has 268 valence electrons. The van der Waals surface area contributed by atoms with E-state index >= 15 is 4.39 Å². The fourth-order valence-electron chi connectivity index (χ4n) is 8.20. The molecule has 1 saturated carbocycles. The molecular weight excluding hydrogens is 651 g/mol. The minimum Gasteiger partial charge on any atom is -0.453 e. The number of hydrogen-bond donors (Lipinski definition) is 4. The summed E-state index contributed by atoms with van der Waals surface area (Å²) in [6.45, 7) is 3.26. The summed E-state index contributed by atoms with van der Waals surface area (Å²) >= 11 is 0. The SMILES string of the molecule is CCCN(Cc1nc2ccc3c(c2[nH]1)=CCC(c1ccc(-c2cnc([C@@H]4[C@H]5CCC[C@H](C5)N4C(=O)CNC(=O)OC)[nH]2)c(F)c1)C=3)C(=O)CNC. The normalized spacial score (nSPS) is 20.7. The lowest BCUT2D eigenvalue weighted by Gasteiger charge is -2.29. The number of rotatable bonds is 11. The van der Waals surface area contributed by atoms with Gasteiger partial charge in [0, 0.05) is 29.3 Å². The van der Waals surface area contributed by atoms with Gasteiger partial charge in [0.2, 0.25) is 11.8 Å². The number of benzene rings is 2. The Morgan fingerprint density at radius 2 is 2.00 bits per heavy atom. The monoisotopic (exact) mass is 696 g/mol. The molecule has 7 rings (SSSR count). The molecule has 3 aliphatic rings. The van der Waals surface area contributed by atoms with Crippen molar-refractivity contribution in [3.8, 4) is 11.3 Å². The van der Waals surface area contributed by atoms with Crippen LogP contribution in [0.1, 0.15) is 74.6 Å². The maximum Gasteiger partial charge on any atom is 0.407 e. The van der Waals surface area contributed by atoms with E-state index in [4.69, 9.17) is 4.98 Å². The second kappa shape index (κ2) is 14.7. The topological polar surface area (TPSA) is 148 Å². The Labute approximate surface area is 295 Å². The molecule has 2 aromatic heterocycles. The minimum atomic E-state index is -0.650. The van der Waals surface area contributed by atoms with Gasteiger partial charge in [-0.1, -0.05) is 37.6 Å². The van der Waals surface area contributed by atoms with E-state index in [0.717, 1.165) is 65.0 Å². The molecule has 3 amide bonds. The number of amides is 3. The number of aromatic nitrogens is 4. The van der Waals surface area contributed by atoms with Crippen molar-refractivity contribution in [3.63, 3.8) is 0 Å². The van der Waals surface area contributed by atoms with Crippen LogP contribution in [-0.2, 0) is 20.9 Å². The summed E-state index contributed by atoms with van der Waals surface area (Å²) in [5.41, 5.74) is 3.65. The predicted octanol–water partition coefficient (Wildman–Crippen LogP) is 3.60. The molecule has 0 radical (unpaired) electrons. The summed E-state index contributed by atoms with van der Waals surface area (Å²) in [5, 5.41) is 7.57. The fraction of sp³-hybridized carbons (Fsp3) is 0.447. The molecule has 1 unspecified atom stereocenters. The Balaban J connectivity index is 1.09. The first-order chi connectivity index (χ1) is 24.8. The van der Waals surface area contributed by atoms with Gasteiger partial charge in [-0.3, -0.25) is 9.59 Å². The number of fused-ring (bicyclic) bond motifs is 5. The van der Waals surface area contributed by atoms with Gasteiger partial charge in [-0.25, -0.2) is 19.2 Å². The lowest BCUT2D eigenvalue weighted by Crippen LogP contribution is -2.43. The van der Waals surface area contributed by atoms with Crippen LogP contribution in [0.5, 0.6) is 0 Å². The van der Waals surface area contributed by atoms with Crippen LogP contribution in [-0.4, -0.2) is 87.5 Å². The van der Waals surface area contributed by atoms with Crippen molar-refractivity contribution < 1.29 is 23.5 Å². The molecule has 4 aromatic rings. The van der Waals surface area contributed by atoms with Gasteiger partial charge in [0.1, 0.15) is 24.0 Å². The smallest absolute Gasteiger partial charge is 0.407 e. The number of likely N-dealkylation sites (N-methyl/N-ethyl adjacent to an activating group) is 1. The molecule has 13 heteroatoms. The molecule has 1 saturated heterocycles. The van der Waals surface area contributed by atoms with Crippen LogP contribution in [0, 0.1) is 11.7 Å². The highest BCUT2D eigenvalue weighted by molar-refractivity contribution is 5.83. The first-order valence-electron chi connectivity index (χ1n) is 17.9. The average Bonchev–Trinajstić information content (AvgIpc) is 3.85. The van der Waals surface area contributed by atoms with Crippen molar-refractivity contribution in [1.29, 1.82) is 0 Å². The second-order valence-corrected chi connectivity index (χ2v) is 13.8. The third kappa shape index (κ3) is 6.86. The van der Waals surface area contributed by atoms with Crippen molar-refractivity contribution in [2.75, 3.05) is 33.8 Å². The van der Waals surface area contributed by atoms with Crippen LogP contribution in [0.4, 0.5) is 9.18 Å². The summed E-state index contributed by atoms with van der Waals surface area (Å²) in [6.07, 6.45) is 10.7. The molecule has 12 nitrogen and oxygen atoms in total. The highest BCUT2D eigenvalue weighted by Crippen LogP contribution is 2.47. The molecule has 3 heterocycles. The summed E-state index contributed by atoms with van der Waals surface area (Å²) in [5.74, 6) is 1.13. The van der Waals surface area contributed by atoms with Gasteiger partial charge in [0.25, 0.3) is 0 Å². The molecule has 2 aliphatic carbocycles. The molecule has 2 aromatic carbocycles. The number of nitrogens with one attached hydrogen (secondary N) is 4. The number of aromatic amines is 2. The molecule has 2 fully saturated rings. The standard InChI is InChI=1S/C38H45FN8O4/c1-4-14-46(33(48)19-40-2)21-32-43-30-13-10-24-15-22(8-11-27(24)35(30)45-32)23-9-12-28(29(39)17-23)31-18-41-37(44-31)36-25-6-5-7-26(16-25)47(36)34(49)20-42-38(50)51-3/h9-13,15,17-18,22,25-26,36,40H,4-8,14,16,19-21H2,1-3H3,(H,41,44)(H,42,50)(H,43,45)/t22?,25-,26+,36-/m0/s1. The third-order valence-corrected chi connectivity index (χ3v) is 10.5. The van der Waals surface area contributed by atoms with E-state index in [-0.39, 0.29) is 54.6 Å². The van der Waals surface area contributed by atoms with Gasteiger partial charge >= 0.3 is 6.09 Å². The number of hydrogen-bond acceptors (Lipinski definition) is 7. The number of carbonyl (C=O) groups excluding carboxylic acids is 3. The maximum atomic E-state index is 15.8. The van der Waals surface area contributed by atoms with E-state index in [2.05, 4.69) is 55.5 Å². The molecule has 51 heavy (non-hydrogen) atoms. The lowest BCUT2D eigenvalue weighted by molar-refractivity contribution is -0.133. The van der Waals surface area contributed by atoms with Crippen LogP contribution in [0.25, 0.3) is 34.4 Å². The van der Waals surface area contributed by atoms with E-state index in [9.17, 15) is 14.4 Å². The number of ether oxygens (including phenoxy) is 1. The molecule has 4 atom stereocenters. The number of carbonyl (C=O) groups is 3. The van der Waals surface area contributed by atoms with Crippen molar-refractivity contribution in [2.45, 2.75) is 70.0 Å². The minimum absolute atomic E-state index is 0.00612. The summed E-state index contributed by atoms with van der Waals surface area (Å²) in [6, 6.07) is 9.22. The Bertz CT molecular complexity index is 2070. The Morgan fingerprint density at radius 3 is 2.78 bits per heavy atom. The number of methoxy groups -OCH3 is 1. The largest absolute Gasteiger partial charge is 0.453 e. The van der Waals surface area contributed by atoms with Crippen LogP contribution in [0.15, 0.2) is 36.5 Å². The molecule has 1 aliphatic heterocycles. The second-order valence-electron chi connectivity index (χ2n) is 13.8. The number of likely N-dealkylation sites (tertiary alicyclic amines) is 1. The first kappa shape index (κ1) is 34.4. The van der Waals surface area contributed by atoms with Gasteiger partial charge in [-0.2, -0.15) is 0 Å². The van der Waals surface area contributed by atoms with Crippen molar-refractivity contribution >= 4 is 41.1 Å². The molecule has 4 N–H and O–H groups in total. The molecule has 0 spiro atoms. The summed E-state index contributed by atoms with van der Waals surface area (Å²) in [4.78, 5) is 57.4. The number of halogens is 1. The Kier molecular flexibility index (Phi) is 9.90. The highest BCUT2D eigenvalue weighted by atomic mass is 19.1. The van der Waals surface area contributed by atoms with Gasteiger partial charge < -0.3 is 35.1 Å². The van der Waals surface area contributed by atoms with Gasteiger partial charge in [-0.15, -0.1) is 0 Å². The van der Waals surface area contributed by atoms with Crippen LogP contribution < -0.4 is 21.1 Å². The Morgan fingerprint density at radius 1 is 1.14 bits per heavy atom. The first-order valence-corrected chi connectivity index (χ1v) is 17.9. The number of imidazole rings is 2. The van der Waals surface area contributed by atoms with Gasteiger partial charge in [0.05, 0.1) is 49.2 Å². The third-order valence-electron chi connectivity index (χ3n) is 10.5. The van der Waals surface area contributed by atoms with E-state index in [1.807, 2.05) is 21.9 Å². The van der Waals surface area contributed by atoms with E-state index in [0.29, 0.717) is 36.6 Å². The maximum absolute atomic E-state index is 15.8. The van der Waals surface area contributed by atoms with Gasteiger partial charge in [0.15, 0.2) is 0 Å². The van der Waals surface area contributed by atoms with Crippen LogP contribution in [0.2, 0.25) is 0 Å². The van der Waals surface area contributed by atoms with E-state index in [1.165, 1.54) is 7.11 Å². The fourth-order valence-corrected chi connectivity index (χ4v) is 8.20. The zero-order valence-electron chi connectivity index (χ0n) is 29.3. The highest BCUT2D eigenvalue weighted by Gasteiger charge is 2.47.